The van der Waals surface area contributed by atoms with Gasteiger partial charge in [-0.3, -0.25) is 4.79 Å². The lowest BCUT2D eigenvalue weighted by molar-refractivity contribution is 0.0996. The van der Waals surface area contributed by atoms with E-state index >= 15 is 0 Å². The molecule has 1 aromatic heterocycles. The molecule has 1 aliphatic heterocycles. The number of benzene rings is 1. The minimum absolute atomic E-state index is 0.378. The number of rotatable bonds is 1. The van der Waals surface area contributed by atoms with Crippen molar-refractivity contribution in [1.29, 1.82) is 0 Å². The molecule has 0 radical (unpaired) electrons. The Labute approximate surface area is 116 Å². The Bertz CT molecular complexity index is 574. The first-order valence-electron chi connectivity index (χ1n) is 6.26. The number of aromatic nitrogens is 1. The molecule has 19 heavy (non-hydrogen) atoms. The molecule has 0 saturated carbocycles. The van der Waals surface area contributed by atoms with E-state index in [1.165, 1.54) is 12.8 Å². The van der Waals surface area contributed by atoms with Crippen molar-refractivity contribution in [2.75, 3.05) is 6.61 Å². The van der Waals surface area contributed by atoms with Gasteiger partial charge in [0.05, 0.1) is 16.6 Å². The first-order chi connectivity index (χ1) is 9.08. The number of nitrogens with one attached hydrogen (secondary N) is 1. The second kappa shape index (κ2) is 6.08. The molecule has 4 nitrogen and oxygen atoms in total. The molecule has 1 saturated heterocycles. The fourth-order valence-electron chi connectivity index (χ4n) is 1.99. The monoisotopic (exact) mass is 280 g/mol. The molecule has 1 fully saturated rings. The number of hydrogen-bond donors (Lipinski definition) is 2. The average Bonchev–Trinajstić information content (AvgIpc) is 2.99. The Morgan fingerprint density at radius 3 is 2.79 bits per heavy atom. The Hall–Kier alpha value is -1.52. The lowest BCUT2D eigenvalue weighted by Crippen LogP contribution is -2.10. The van der Waals surface area contributed by atoms with E-state index in [9.17, 15) is 4.79 Å². The highest BCUT2D eigenvalue weighted by Crippen LogP contribution is 2.22. The number of nitrogens with two attached hydrogens (primary N) is 1. The molecular weight excluding hydrogens is 264 g/mol. The maximum atomic E-state index is 10.8. The lowest BCUT2D eigenvalue weighted by atomic mass is 10.2. The van der Waals surface area contributed by atoms with Crippen molar-refractivity contribution in [2.45, 2.75) is 25.9 Å². The normalized spacial score (nSPS) is 18.1. The summed E-state index contributed by atoms with van der Waals surface area (Å²) in [4.78, 5) is 13.7. The number of aromatic amines is 1. The quantitative estimate of drug-likeness (QED) is 0.843. The van der Waals surface area contributed by atoms with Gasteiger partial charge in [0.15, 0.2) is 0 Å². The van der Waals surface area contributed by atoms with Gasteiger partial charge in [-0.2, -0.15) is 0 Å². The largest absolute Gasteiger partial charge is 0.379 e. The minimum atomic E-state index is -0.479. The summed E-state index contributed by atoms with van der Waals surface area (Å²) < 4.78 is 5.15. The summed E-state index contributed by atoms with van der Waals surface area (Å²) in [5.41, 5.74) is 6.24. The number of H-pyrrole nitrogens is 1. The number of carbonyl (C=O) groups is 1. The Balaban J connectivity index is 0.000000186. The van der Waals surface area contributed by atoms with Crippen LogP contribution in [0.1, 0.15) is 30.3 Å². The van der Waals surface area contributed by atoms with Gasteiger partial charge in [-0.1, -0.05) is 23.7 Å². The van der Waals surface area contributed by atoms with Crippen molar-refractivity contribution in [1.82, 2.24) is 4.98 Å². The van der Waals surface area contributed by atoms with E-state index in [2.05, 4.69) is 11.9 Å². The number of fused-ring (bicyclic) bond motifs is 1. The van der Waals surface area contributed by atoms with Gasteiger partial charge >= 0.3 is 0 Å². The fraction of sp³-hybridized carbons (Fsp3) is 0.357. The second-order valence-corrected chi connectivity index (χ2v) is 4.98. The van der Waals surface area contributed by atoms with Crippen LogP contribution >= 0.6 is 11.6 Å². The van der Waals surface area contributed by atoms with E-state index in [0.29, 0.717) is 16.8 Å². The van der Waals surface area contributed by atoms with Crippen LogP contribution in [0, 0.1) is 0 Å². The predicted octanol–water partition coefficient (Wildman–Crippen LogP) is 3.11. The van der Waals surface area contributed by atoms with Crippen molar-refractivity contribution in [3.05, 3.63) is 35.0 Å². The lowest BCUT2D eigenvalue weighted by Gasteiger charge is -1.94. The molecule has 5 heteroatoms. The van der Waals surface area contributed by atoms with Crippen LogP contribution in [-0.4, -0.2) is 23.6 Å². The van der Waals surface area contributed by atoms with Gasteiger partial charge in [-0.25, -0.2) is 0 Å². The van der Waals surface area contributed by atoms with E-state index in [4.69, 9.17) is 22.1 Å². The van der Waals surface area contributed by atoms with Crippen molar-refractivity contribution >= 4 is 28.4 Å². The third-order valence-electron chi connectivity index (χ3n) is 3.03. The summed E-state index contributed by atoms with van der Waals surface area (Å²) in [6.07, 6.45) is 3.08. The third kappa shape index (κ3) is 3.49. The van der Waals surface area contributed by atoms with Gasteiger partial charge in [-0.15, -0.1) is 0 Å². The van der Waals surface area contributed by atoms with Crippen LogP contribution in [0.2, 0.25) is 5.02 Å². The van der Waals surface area contributed by atoms with E-state index in [0.717, 1.165) is 17.5 Å². The molecule has 0 bridgehead atoms. The van der Waals surface area contributed by atoms with E-state index in [1.807, 2.05) is 12.1 Å². The van der Waals surface area contributed by atoms with Gasteiger partial charge in [0.2, 0.25) is 0 Å². The summed E-state index contributed by atoms with van der Waals surface area (Å²) >= 11 is 5.89. The Morgan fingerprint density at radius 2 is 2.32 bits per heavy atom. The molecule has 102 valence electrons. The molecule has 3 N–H and O–H groups in total. The zero-order valence-electron chi connectivity index (χ0n) is 10.8. The summed E-state index contributed by atoms with van der Waals surface area (Å²) in [5.74, 6) is -0.479. The number of halogens is 1. The van der Waals surface area contributed by atoms with Gasteiger partial charge in [0.1, 0.15) is 5.69 Å². The minimum Gasteiger partial charge on any atom is -0.379 e. The van der Waals surface area contributed by atoms with Crippen LogP contribution < -0.4 is 5.73 Å². The number of ether oxygens (including phenoxy) is 1. The predicted molar refractivity (Wildman–Crippen MR) is 76.5 cm³/mol. The highest BCUT2D eigenvalue weighted by atomic mass is 35.5. The fourth-order valence-corrected chi connectivity index (χ4v) is 2.22. The molecule has 1 amide bonds. The molecule has 1 atom stereocenters. The SMILES string of the molecule is CC1CCCO1.NC(=O)c1cc2cccc(Cl)c2[nH]1. The van der Waals surface area contributed by atoms with Crippen LogP contribution in [0.25, 0.3) is 10.9 Å². The van der Waals surface area contributed by atoms with Gasteiger partial charge < -0.3 is 15.5 Å². The third-order valence-corrected chi connectivity index (χ3v) is 3.34. The molecule has 0 aliphatic carbocycles. The number of amides is 1. The van der Waals surface area contributed by atoms with Crippen molar-refractivity contribution in [3.63, 3.8) is 0 Å². The smallest absolute Gasteiger partial charge is 0.265 e. The van der Waals surface area contributed by atoms with Crippen molar-refractivity contribution in [2.24, 2.45) is 5.73 Å². The standard InChI is InChI=1S/C9H7ClN2O.C5H10O/c10-6-3-1-2-5-4-7(9(11)13)12-8(5)6;1-5-3-2-4-6-5/h1-4,12H,(H2,11,13);5H,2-4H2,1H3. The van der Waals surface area contributed by atoms with Crippen LogP contribution in [0.15, 0.2) is 24.3 Å². The van der Waals surface area contributed by atoms with Crippen LogP contribution in [0.4, 0.5) is 0 Å². The van der Waals surface area contributed by atoms with Crippen LogP contribution in [0.5, 0.6) is 0 Å². The van der Waals surface area contributed by atoms with Crippen molar-refractivity contribution < 1.29 is 9.53 Å². The first-order valence-corrected chi connectivity index (χ1v) is 6.64. The van der Waals surface area contributed by atoms with Gasteiger partial charge in [0, 0.05) is 12.0 Å². The number of para-hydroxylation sites is 1. The van der Waals surface area contributed by atoms with Gasteiger partial charge in [-0.05, 0) is 31.9 Å². The zero-order chi connectivity index (χ0) is 13.8. The van der Waals surface area contributed by atoms with Crippen molar-refractivity contribution in [3.8, 4) is 0 Å². The van der Waals surface area contributed by atoms with E-state index in [1.54, 1.807) is 12.1 Å². The zero-order valence-corrected chi connectivity index (χ0v) is 11.5. The molecule has 1 aliphatic rings. The topological polar surface area (TPSA) is 68.1 Å². The number of hydrogen-bond acceptors (Lipinski definition) is 2. The first kappa shape index (κ1) is 13.9. The van der Waals surface area contributed by atoms with Crippen LogP contribution in [0.3, 0.4) is 0 Å². The second-order valence-electron chi connectivity index (χ2n) is 4.57. The summed E-state index contributed by atoms with van der Waals surface area (Å²) in [7, 11) is 0. The number of carbonyl (C=O) groups excluding carboxylic acids is 1. The maximum absolute atomic E-state index is 10.8. The van der Waals surface area contributed by atoms with Gasteiger partial charge in [0.25, 0.3) is 5.91 Å². The molecule has 2 heterocycles. The molecule has 1 unspecified atom stereocenters. The number of primary amides is 1. The summed E-state index contributed by atoms with van der Waals surface area (Å²) in [5, 5.41) is 1.48. The Morgan fingerprint density at radius 1 is 1.53 bits per heavy atom. The summed E-state index contributed by atoms with van der Waals surface area (Å²) in [6, 6.07) is 7.13. The van der Waals surface area contributed by atoms with E-state index < -0.39 is 5.91 Å². The molecule has 1 aromatic carbocycles. The van der Waals surface area contributed by atoms with E-state index in [-0.39, 0.29) is 0 Å². The summed E-state index contributed by atoms with van der Waals surface area (Å²) in [6.45, 7) is 3.11. The highest BCUT2D eigenvalue weighted by Gasteiger charge is 2.07. The molecule has 2 aromatic rings. The average molecular weight is 281 g/mol. The molecular formula is C14H17ClN2O2. The highest BCUT2D eigenvalue weighted by molar-refractivity contribution is 6.35. The van der Waals surface area contributed by atoms with Crippen LogP contribution in [-0.2, 0) is 4.74 Å². The molecule has 0 spiro atoms. The Kier molecular flexibility index (Phi) is 4.45. The molecule has 3 rings (SSSR count). The maximum Gasteiger partial charge on any atom is 0.265 e.